The zero-order chi connectivity index (χ0) is 19.7. The molecule has 0 unspecified atom stereocenters. The van der Waals surface area contributed by atoms with Crippen molar-refractivity contribution in [3.05, 3.63) is 14.5 Å². The van der Waals surface area contributed by atoms with Crippen LogP contribution >= 0.6 is 31.9 Å². The highest BCUT2D eigenvalue weighted by atomic mass is 79.9. The second-order valence-corrected chi connectivity index (χ2v) is 9.48. The van der Waals surface area contributed by atoms with Crippen LogP contribution < -0.4 is 0 Å². The Morgan fingerprint density at radius 2 is 1.15 bits per heavy atom. The number of aromatic hydroxyl groups is 2. The largest absolute Gasteiger partial charge is 0.506 e. The Balaban J connectivity index is 2.52. The fraction of sp³-hybridized carbons (Fsp3) is 0.667. The molecule has 0 bridgehead atoms. The molecular weight excluding hydrogens is 488 g/mol. The van der Waals surface area contributed by atoms with Crippen molar-refractivity contribution in [1.29, 1.82) is 0 Å². The molecule has 0 saturated heterocycles. The number of hydrogen-bond donors (Lipinski definition) is 3. The number of hydrogen-bond acceptors (Lipinski definition) is 4. The molecule has 0 aliphatic rings. The van der Waals surface area contributed by atoms with Gasteiger partial charge in [0, 0.05) is 5.56 Å². The summed E-state index contributed by atoms with van der Waals surface area (Å²) in [5, 5.41) is 20.4. The van der Waals surface area contributed by atoms with Gasteiger partial charge in [-0.05, 0) is 44.7 Å². The summed E-state index contributed by atoms with van der Waals surface area (Å²) in [4.78, 5) is -0.570. The van der Waals surface area contributed by atoms with E-state index in [0.29, 0.717) is 6.42 Å². The highest BCUT2D eigenvalue weighted by Crippen LogP contribution is 2.46. The highest BCUT2D eigenvalue weighted by Gasteiger charge is 2.27. The predicted octanol–water partition coefficient (Wildman–Crippen LogP) is 6.33. The molecule has 5 nitrogen and oxygen atoms in total. The first kappa shape index (κ1) is 23.7. The third-order valence-corrected chi connectivity index (χ3v) is 7.42. The number of rotatable bonds is 12. The summed E-state index contributed by atoms with van der Waals surface area (Å²) < 4.78 is 31.8. The van der Waals surface area contributed by atoms with Crippen LogP contribution in [0, 0.1) is 0 Å². The molecule has 0 aliphatic carbocycles. The number of halogens is 2. The van der Waals surface area contributed by atoms with Crippen LogP contribution in [0.5, 0.6) is 11.5 Å². The van der Waals surface area contributed by atoms with Crippen molar-refractivity contribution in [2.75, 3.05) is 0 Å². The van der Waals surface area contributed by atoms with Gasteiger partial charge in [-0.1, -0.05) is 64.7 Å². The summed E-state index contributed by atoms with van der Waals surface area (Å²) in [5.41, 5.74) is 0.274. The molecule has 0 fully saturated rings. The van der Waals surface area contributed by atoms with Gasteiger partial charge in [0.15, 0.2) is 0 Å². The number of unbranched alkanes of at least 4 members (excludes halogenated alkanes) is 9. The molecule has 26 heavy (non-hydrogen) atoms. The molecule has 3 N–H and O–H groups in total. The van der Waals surface area contributed by atoms with Gasteiger partial charge < -0.3 is 10.2 Å². The van der Waals surface area contributed by atoms with Gasteiger partial charge in [-0.25, -0.2) is 0 Å². The van der Waals surface area contributed by atoms with E-state index in [9.17, 15) is 23.2 Å². The smallest absolute Gasteiger partial charge is 0.297 e. The molecule has 0 heterocycles. The minimum Gasteiger partial charge on any atom is -0.506 e. The summed E-state index contributed by atoms with van der Waals surface area (Å²) in [6, 6.07) is 0. The SMILES string of the molecule is CCCCCCCCCCCCc1c(O)c(Br)c(S(=O)(=O)O)c(Br)c1O. The summed E-state index contributed by atoms with van der Waals surface area (Å²) in [7, 11) is -4.58. The van der Waals surface area contributed by atoms with Gasteiger partial charge in [-0.3, -0.25) is 4.55 Å². The van der Waals surface area contributed by atoms with Crippen molar-refractivity contribution >= 4 is 42.0 Å². The summed E-state index contributed by atoms with van der Waals surface area (Å²) >= 11 is 5.98. The van der Waals surface area contributed by atoms with Gasteiger partial charge in [-0.15, -0.1) is 0 Å². The molecule has 0 radical (unpaired) electrons. The lowest BCUT2D eigenvalue weighted by Crippen LogP contribution is -2.03. The lowest BCUT2D eigenvalue weighted by molar-refractivity contribution is 0.423. The Bertz CT molecular complexity index is 660. The van der Waals surface area contributed by atoms with Crippen molar-refractivity contribution < 1.29 is 23.2 Å². The van der Waals surface area contributed by atoms with Gasteiger partial charge >= 0.3 is 0 Å². The Hall–Kier alpha value is -0.310. The maximum absolute atomic E-state index is 11.4. The standard InChI is InChI=1S/C18H28Br2O5S/c1-2-3-4-5-6-7-8-9-10-11-12-13-16(21)14(19)18(26(23,24)25)15(20)17(13)22/h21-22H,2-12H2,1H3,(H,23,24,25). The third kappa shape index (κ3) is 7.02. The first-order chi connectivity index (χ1) is 12.2. The Morgan fingerprint density at radius 3 is 1.54 bits per heavy atom. The fourth-order valence-corrected chi connectivity index (χ4v) is 5.96. The molecular formula is C18H28Br2O5S. The van der Waals surface area contributed by atoms with E-state index in [4.69, 9.17) is 0 Å². The lowest BCUT2D eigenvalue weighted by Gasteiger charge is -2.14. The quantitative estimate of drug-likeness (QED) is 0.223. The Morgan fingerprint density at radius 1 is 0.769 bits per heavy atom. The first-order valence-corrected chi connectivity index (χ1v) is 12.1. The van der Waals surface area contributed by atoms with Crippen LogP contribution in [0.2, 0.25) is 0 Å². The summed E-state index contributed by atoms with van der Waals surface area (Å²) in [5.74, 6) is -0.705. The molecule has 0 aromatic heterocycles. The van der Waals surface area contributed by atoms with E-state index in [1.165, 1.54) is 44.9 Å². The van der Waals surface area contributed by atoms with Crippen molar-refractivity contribution in [1.82, 2.24) is 0 Å². The topological polar surface area (TPSA) is 94.8 Å². The lowest BCUT2D eigenvalue weighted by atomic mass is 10.0. The second-order valence-electron chi connectivity index (χ2n) is 6.54. The van der Waals surface area contributed by atoms with Gasteiger partial charge in [-0.2, -0.15) is 8.42 Å². The molecule has 0 spiro atoms. The number of phenolic OH excluding ortho intramolecular Hbond substituents is 2. The molecule has 0 atom stereocenters. The van der Waals surface area contributed by atoms with Gasteiger partial charge in [0.05, 0.1) is 8.95 Å². The van der Waals surface area contributed by atoms with Crippen molar-refractivity contribution in [2.24, 2.45) is 0 Å². The molecule has 1 aromatic rings. The fourth-order valence-electron chi connectivity index (χ4n) is 2.94. The number of benzene rings is 1. The van der Waals surface area contributed by atoms with E-state index < -0.39 is 15.0 Å². The predicted molar refractivity (Wildman–Crippen MR) is 111 cm³/mol. The van der Waals surface area contributed by atoms with Crippen molar-refractivity contribution in [2.45, 2.75) is 82.4 Å². The zero-order valence-electron chi connectivity index (χ0n) is 15.1. The van der Waals surface area contributed by atoms with Gasteiger partial charge in [0.25, 0.3) is 10.1 Å². The highest BCUT2D eigenvalue weighted by molar-refractivity contribution is 9.11. The summed E-state index contributed by atoms with van der Waals surface area (Å²) in [6.45, 7) is 2.21. The number of phenols is 2. The van der Waals surface area contributed by atoms with Crippen LogP contribution in [0.15, 0.2) is 13.8 Å². The van der Waals surface area contributed by atoms with Crippen LogP contribution in [0.25, 0.3) is 0 Å². The molecule has 0 amide bonds. The van der Waals surface area contributed by atoms with E-state index in [1.807, 2.05) is 0 Å². The Kier molecular flexibility index (Phi) is 10.5. The maximum Gasteiger partial charge on any atom is 0.297 e. The van der Waals surface area contributed by atoms with Gasteiger partial charge in [0.2, 0.25) is 0 Å². The first-order valence-electron chi connectivity index (χ1n) is 9.11. The normalized spacial score (nSPS) is 11.8. The zero-order valence-corrected chi connectivity index (χ0v) is 19.1. The molecule has 1 aromatic carbocycles. The van der Waals surface area contributed by atoms with E-state index >= 15 is 0 Å². The minimum atomic E-state index is -4.58. The third-order valence-electron chi connectivity index (χ3n) is 4.42. The van der Waals surface area contributed by atoms with Crippen molar-refractivity contribution in [3.63, 3.8) is 0 Å². The average molecular weight is 516 g/mol. The van der Waals surface area contributed by atoms with Crippen LogP contribution in [0.3, 0.4) is 0 Å². The van der Waals surface area contributed by atoms with Crippen LogP contribution in [-0.4, -0.2) is 23.2 Å². The van der Waals surface area contributed by atoms with E-state index in [0.717, 1.165) is 19.3 Å². The minimum absolute atomic E-state index is 0.147. The Labute approximate surface area is 173 Å². The average Bonchev–Trinajstić information content (AvgIpc) is 2.56. The molecule has 8 heteroatoms. The maximum atomic E-state index is 11.4. The van der Waals surface area contributed by atoms with Crippen molar-refractivity contribution in [3.8, 4) is 11.5 Å². The van der Waals surface area contributed by atoms with Crippen LogP contribution in [0.1, 0.15) is 76.7 Å². The van der Waals surface area contributed by atoms with Gasteiger partial charge in [0.1, 0.15) is 16.4 Å². The molecule has 1 rings (SSSR count). The second kappa shape index (κ2) is 11.5. The van der Waals surface area contributed by atoms with E-state index in [2.05, 4.69) is 38.8 Å². The van der Waals surface area contributed by atoms with E-state index in [1.54, 1.807) is 0 Å². The van der Waals surface area contributed by atoms with E-state index in [-0.39, 0.29) is 26.0 Å². The monoisotopic (exact) mass is 514 g/mol. The van der Waals surface area contributed by atoms with Crippen LogP contribution in [-0.2, 0) is 16.5 Å². The summed E-state index contributed by atoms with van der Waals surface area (Å²) in [6.07, 6.45) is 12.2. The molecule has 0 saturated carbocycles. The van der Waals surface area contributed by atoms with Crippen LogP contribution in [0.4, 0.5) is 0 Å². The molecule has 0 aliphatic heterocycles. The molecule has 150 valence electrons.